The Bertz CT molecular complexity index is 2590. The molecule has 0 N–H and O–H groups in total. The molecule has 1 aliphatic carbocycles. The van der Waals surface area contributed by atoms with Crippen molar-refractivity contribution in [3.8, 4) is 39.1 Å². The summed E-state index contributed by atoms with van der Waals surface area (Å²) in [6.07, 6.45) is 0. The lowest BCUT2D eigenvalue weighted by atomic mass is 9.93. The van der Waals surface area contributed by atoms with E-state index in [1.807, 2.05) is 0 Å². The van der Waals surface area contributed by atoms with Crippen molar-refractivity contribution in [1.29, 1.82) is 0 Å². The first-order valence-electron chi connectivity index (χ1n) is 14.9. The molecule has 0 fully saturated rings. The van der Waals surface area contributed by atoms with Gasteiger partial charge in [-0.3, -0.25) is 0 Å². The van der Waals surface area contributed by atoms with E-state index in [0.29, 0.717) is 0 Å². The molecular formula is C42H25N. The summed E-state index contributed by atoms with van der Waals surface area (Å²) in [7, 11) is 0. The van der Waals surface area contributed by atoms with Crippen LogP contribution in [0.3, 0.4) is 0 Å². The van der Waals surface area contributed by atoms with E-state index in [1.165, 1.54) is 93.2 Å². The van der Waals surface area contributed by atoms with Crippen molar-refractivity contribution in [3.05, 3.63) is 152 Å². The van der Waals surface area contributed by atoms with E-state index in [9.17, 15) is 0 Å². The van der Waals surface area contributed by atoms with Gasteiger partial charge >= 0.3 is 0 Å². The Balaban J connectivity index is 1.16. The van der Waals surface area contributed by atoms with Crippen LogP contribution in [0.15, 0.2) is 152 Å². The Morgan fingerprint density at radius 3 is 1.91 bits per heavy atom. The summed E-state index contributed by atoms with van der Waals surface area (Å²) in [6, 6.07) is 56.0. The minimum atomic E-state index is 1.19. The van der Waals surface area contributed by atoms with Crippen LogP contribution in [0.25, 0.3) is 93.2 Å². The zero-order chi connectivity index (χ0) is 28.1. The van der Waals surface area contributed by atoms with Gasteiger partial charge in [0.15, 0.2) is 0 Å². The molecule has 0 radical (unpaired) electrons. The third kappa shape index (κ3) is 3.11. The molecule has 198 valence electrons. The standard InChI is InChI=1S/C42H25N/c1-2-9-32-26(8-1)19-21-39-35-12-5-6-15-40(35)43(42(32)39)30-20-18-27-24-29(17-16-28(27)25-30)31-22-23-38-34-11-4-3-10-33(34)37-14-7-13-36(31)41(37)38/h1-25H. The van der Waals surface area contributed by atoms with Gasteiger partial charge in [-0.15, -0.1) is 0 Å². The van der Waals surface area contributed by atoms with Crippen molar-refractivity contribution >= 4 is 54.1 Å². The van der Waals surface area contributed by atoms with Crippen molar-refractivity contribution in [2.75, 3.05) is 0 Å². The first kappa shape index (κ1) is 23.0. The van der Waals surface area contributed by atoms with Crippen molar-refractivity contribution < 1.29 is 0 Å². The van der Waals surface area contributed by atoms with E-state index in [0.717, 1.165) is 0 Å². The Hall–Kier alpha value is -5.66. The van der Waals surface area contributed by atoms with E-state index in [2.05, 4.69) is 156 Å². The molecule has 9 aromatic rings. The van der Waals surface area contributed by atoms with E-state index in [1.54, 1.807) is 0 Å². The highest BCUT2D eigenvalue weighted by Gasteiger charge is 2.22. The number of hydrogen-bond donors (Lipinski definition) is 0. The van der Waals surface area contributed by atoms with Crippen LogP contribution in [0.1, 0.15) is 0 Å². The number of hydrogen-bond acceptors (Lipinski definition) is 0. The SMILES string of the molecule is c1ccc2c(c1)-c1cccc3c(-c4ccc5cc(-n6c7ccccc7c7ccc8ccccc8c76)ccc5c4)ccc-2c13. The summed E-state index contributed by atoms with van der Waals surface area (Å²) in [4.78, 5) is 0. The van der Waals surface area contributed by atoms with Gasteiger partial charge in [0.1, 0.15) is 0 Å². The number of para-hydroxylation sites is 1. The van der Waals surface area contributed by atoms with Crippen LogP contribution < -0.4 is 0 Å². The largest absolute Gasteiger partial charge is 0.309 e. The molecule has 1 heteroatoms. The van der Waals surface area contributed by atoms with Crippen LogP contribution in [0.5, 0.6) is 0 Å². The summed E-state index contributed by atoms with van der Waals surface area (Å²) in [5, 5.41) is 10.3. The lowest BCUT2D eigenvalue weighted by Gasteiger charge is -2.13. The lowest BCUT2D eigenvalue weighted by Crippen LogP contribution is -1.94. The van der Waals surface area contributed by atoms with Crippen LogP contribution in [0.2, 0.25) is 0 Å². The number of rotatable bonds is 2. The zero-order valence-electron chi connectivity index (χ0n) is 23.4. The molecule has 0 bridgehead atoms. The van der Waals surface area contributed by atoms with Gasteiger partial charge in [-0.25, -0.2) is 0 Å². The fourth-order valence-electron chi connectivity index (χ4n) is 7.60. The summed E-state index contributed by atoms with van der Waals surface area (Å²) < 4.78 is 2.45. The van der Waals surface area contributed by atoms with Crippen LogP contribution >= 0.6 is 0 Å². The molecule has 0 atom stereocenters. The predicted octanol–water partition coefficient (Wildman–Crippen LogP) is 11.6. The summed E-state index contributed by atoms with van der Waals surface area (Å²) in [5.41, 5.74) is 11.6. The normalized spacial score (nSPS) is 12.2. The fraction of sp³-hybridized carbons (Fsp3) is 0. The third-order valence-corrected chi connectivity index (χ3v) is 9.50. The second-order valence-corrected chi connectivity index (χ2v) is 11.7. The van der Waals surface area contributed by atoms with Crippen LogP contribution in [0.4, 0.5) is 0 Å². The molecule has 1 aliphatic rings. The first-order valence-corrected chi connectivity index (χ1v) is 14.9. The lowest BCUT2D eigenvalue weighted by molar-refractivity contribution is 1.19. The zero-order valence-corrected chi connectivity index (χ0v) is 23.4. The maximum Gasteiger partial charge on any atom is 0.0619 e. The van der Waals surface area contributed by atoms with E-state index in [4.69, 9.17) is 0 Å². The molecule has 1 nitrogen and oxygen atoms in total. The van der Waals surface area contributed by atoms with Gasteiger partial charge in [0.05, 0.1) is 11.0 Å². The summed E-state index contributed by atoms with van der Waals surface area (Å²) in [5.74, 6) is 0. The molecule has 1 heterocycles. The Labute approximate surface area is 248 Å². The fourth-order valence-corrected chi connectivity index (χ4v) is 7.60. The van der Waals surface area contributed by atoms with E-state index in [-0.39, 0.29) is 0 Å². The molecule has 0 unspecified atom stereocenters. The molecule has 0 spiro atoms. The number of nitrogens with zero attached hydrogens (tertiary/aromatic N) is 1. The molecule has 8 aromatic carbocycles. The van der Waals surface area contributed by atoms with Crippen molar-refractivity contribution in [2.45, 2.75) is 0 Å². The maximum atomic E-state index is 2.45. The molecular weight excluding hydrogens is 518 g/mol. The Morgan fingerprint density at radius 1 is 0.349 bits per heavy atom. The molecule has 0 saturated heterocycles. The highest BCUT2D eigenvalue weighted by molar-refractivity contribution is 6.20. The number of fused-ring (bicyclic) bond motifs is 9. The second-order valence-electron chi connectivity index (χ2n) is 11.7. The summed E-state index contributed by atoms with van der Waals surface area (Å²) >= 11 is 0. The van der Waals surface area contributed by atoms with E-state index >= 15 is 0 Å². The molecule has 0 saturated carbocycles. The van der Waals surface area contributed by atoms with Gasteiger partial charge in [-0.05, 0) is 84.6 Å². The van der Waals surface area contributed by atoms with Crippen LogP contribution in [0, 0.1) is 0 Å². The minimum Gasteiger partial charge on any atom is -0.309 e. The maximum absolute atomic E-state index is 2.45. The average Bonchev–Trinajstić information content (AvgIpc) is 3.59. The van der Waals surface area contributed by atoms with Gasteiger partial charge in [-0.2, -0.15) is 0 Å². The second kappa shape index (κ2) is 8.44. The smallest absolute Gasteiger partial charge is 0.0619 e. The molecule has 0 amide bonds. The quantitative estimate of drug-likeness (QED) is 0.204. The monoisotopic (exact) mass is 543 g/mol. The van der Waals surface area contributed by atoms with Gasteiger partial charge < -0.3 is 4.57 Å². The van der Waals surface area contributed by atoms with Crippen molar-refractivity contribution in [1.82, 2.24) is 4.57 Å². The predicted molar refractivity (Wildman–Crippen MR) is 183 cm³/mol. The van der Waals surface area contributed by atoms with Crippen LogP contribution in [-0.2, 0) is 0 Å². The average molecular weight is 544 g/mol. The van der Waals surface area contributed by atoms with Gasteiger partial charge in [0.25, 0.3) is 0 Å². The highest BCUT2D eigenvalue weighted by atomic mass is 15.0. The van der Waals surface area contributed by atoms with Crippen molar-refractivity contribution in [3.63, 3.8) is 0 Å². The molecule has 0 aliphatic heterocycles. The Morgan fingerprint density at radius 2 is 1.00 bits per heavy atom. The van der Waals surface area contributed by atoms with Gasteiger partial charge in [0, 0.05) is 21.8 Å². The molecule has 43 heavy (non-hydrogen) atoms. The molecule has 1 aromatic heterocycles. The Kier molecular flexibility index (Phi) is 4.51. The topological polar surface area (TPSA) is 4.93 Å². The van der Waals surface area contributed by atoms with Crippen LogP contribution in [-0.4, -0.2) is 4.57 Å². The highest BCUT2D eigenvalue weighted by Crippen LogP contribution is 2.49. The number of aromatic nitrogens is 1. The minimum absolute atomic E-state index is 1.19. The van der Waals surface area contributed by atoms with E-state index < -0.39 is 0 Å². The molecule has 10 rings (SSSR count). The van der Waals surface area contributed by atoms with Crippen molar-refractivity contribution in [2.24, 2.45) is 0 Å². The van der Waals surface area contributed by atoms with Gasteiger partial charge in [0.2, 0.25) is 0 Å². The third-order valence-electron chi connectivity index (χ3n) is 9.50. The number of benzene rings is 8. The first-order chi connectivity index (χ1) is 21.3. The summed E-state index contributed by atoms with van der Waals surface area (Å²) in [6.45, 7) is 0. The van der Waals surface area contributed by atoms with Gasteiger partial charge in [-0.1, -0.05) is 127 Å².